The van der Waals surface area contributed by atoms with Crippen molar-refractivity contribution in [3.8, 4) is 0 Å². The third kappa shape index (κ3) is 6.91. The van der Waals surface area contributed by atoms with Gasteiger partial charge in [0.15, 0.2) is 12.1 Å². The summed E-state index contributed by atoms with van der Waals surface area (Å²) < 4.78 is 17.0. The van der Waals surface area contributed by atoms with E-state index in [1.807, 2.05) is 38.1 Å². The molecule has 6 heteroatoms. The molecule has 160 valence electrons. The van der Waals surface area contributed by atoms with Gasteiger partial charge in [-0.25, -0.2) is 4.79 Å². The zero-order valence-electron chi connectivity index (χ0n) is 18.7. The topological polar surface area (TPSA) is 61.8 Å². The Labute approximate surface area is 175 Å². The molecule has 0 bridgehead atoms. The number of rotatable bonds is 8. The quantitative estimate of drug-likeness (QED) is 0.341. The van der Waals surface area contributed by atoms with Crippen molar-refractivity contribution in [1.29, 1.82) is 0 Å². The highest BCUT2D eigenvalue weighted by Crippen LogP contribution is 2.29. The average Bonchev–Trinajstić information content (AvgIpc) is 2.87. The number of aldehydes is 1. The lowest BCUT2D eigenvalue weighted by atomic mass is 9.98. The summed E-state index contributed by atoms with van der Waals surface area (Å²) in [6, 6.07) is 4.91. The van der Waals surface area contributed by atoms with E-state index in [4.69, 9.17) is 14.2 Å². The maximum absolute atomic E-state index is 12.8. The molecule has 5 nitrogen and oxygen atoms in total. The SMILES string of the molecule is Cc1cc(C)c(C(=O)OCC[Si](C)(C)C)c(/C=C/CC2OC(C)(C)OC2C=O)c1. The number of carbonyl (C=O) groups excluding carboxylic acids is 2. The summed E-state index contributed by atoms with van der Waals surface area (Å²) >= 11 is 0. The molecule has 0 aliphatic carbocycles. The van der Waals surface area contributed by atoms with Gasteiger partial charge in [0.05, 0.1) is 18.3 Å². The first kappa shape index (κ1) is 23.5. The Morgan fingerprint density at radius 1 is 1.21 bits per heavy atom. The molecule has 2 rings (SSSR count). The van der Waals surface area contributed by atoms with E-state index >= 15 is 0 Å². The van der Waals surface area contributed by atoms with Gasteiger partial charge in [0, 0.05) is 8.07 Å². The summed E-state index contributed by atoms with van der Waals surface area (Å²) in [4.78, 5) is 24.0. The van der Waals surface area contributed by atoms with Crippen LogP contribution in [-0.2, 0) is 19.0 Å². The first-order valence-electron chi connectivity index (χ1n) is 10.2. The number of carbonyl (C=O) groups is 2. The van der Waals surface area contributed by atoms with Gasteiger partial charge in [-0.1, -0.05) is 49.5 Å². The molecule has 2 atom stereocenters. The summed E-state index contributed by atoms with van der Waals surface area (Å²) in [7, 11) is -1.26. The van der Waals surface area contributed by atoms with E-state index in [1.54, 1.807) is 13.8 Å². The van der Waals surface area contributed by atoms with Gasteiger partial charge in [-0.3, -0.25) is 0 Å². The van der Waals surface area contributed by atoms with Crippen LogP contribution in [0.1, 0.15) is 47.3 Å². The van der Waals surface area contributed by atoms with Crippen LogP contribution in [-0.4, -0.2) is 44.9 Å². The fraction of sp³-hybridized carbons (Fsp3) is 0.565. The predicted octanol–water partition coefficient (Wildman–Crippen LogP) is 4.92. The van der Waals surface area contributed by atoms with E-state index in [9.17, 15) is 9.59 Å². The van der Waals surface area contributed by atoms with Crippen molar-refractivity contribution in [2.45, 2.75) is 77.8 Å². The average molecular weight is 419 g/mol. The maximum Gasteiger partial charge on any atom is 0.338 e. The highest BCUT2D eigenvalue weighted by molar-refractivity contribution is 6.76. The van der Waals surface area contributed by atoms with E-state index in [0.717, 1.165) is 29.0 Å². The van der Waals surface area contributed by atoms with Gasteiger partial charge in [-0.15, -0.1) is 0 Å². The maximum atomic E-state index is 12.8. The number of ether oxygens (including phenoxy) is 3. The number of hydrogen-bond donors (Lipinski definition) is 0. The van der Waals surface area contributed by atoms with Gasteiger partial charge in [0.1, 0.15) is 6.10 Å². The molecule has 2 unspecified atom stereocenters. The van der Waals surface area contributed by atoms with Crippen molar-refractivity contribution < 1.29 is 23.8 Å². The third-order valence-electron chi connectivity index (χ3n) is 4.82. The molecule has 1 aliphatic rings. The zero-order chi connectivity index (χ0) is 21.8. The Hall–Kier alpha value is -1.76. The molecule has 1 aromatic carbocycles. The summed E-state index contributed by atoms with van der Waals surface area (Å²) in [5, 5.41) is 0. The smallest absolute Gasteiger partial charge is 0.338 e. The minimum absolute atomic E-state index is 0.284. The van der Waals surface area contributed by atoms with Crippen molar-refractivity contribution in [2.24, 2.45) is 0 Å². The molecule has 0 radical (unpaired) electrons. The first-order valence-corrected chi connectivity index (χ1v) is 13.9. The number of esters is 1. The number of benzene rings is 1. The highest BCUT2D eigenvalue weighted by Gasteiger charge is 2.40. The van der Waals surface area contributed by atoms with Crippen LogP contribution in [0.4, 0.5) is 0 Å². The summed E-state index contributed by atoms with van der Waals surface area (Å²) in [6.07, 6.45) is 4.22. The second kappa shape index (κ2) is 9.37. The van der Waals surface area contributed by atoms with Gasteiger partial charge in [-0.05, 0) is 51.3 Å². The van der Waals surface area contributed by atoms with E-state index in [-0.39, 0.29) is 12.1 Å². The number of hydrogen-bond acceptors (Lipinski definition) is 5. The molecule has 1 heterocycles. The summed E-state index contributed by atoms with van der Waals surface area (Å²) in [5.74, 6) is -1.05. The van der Waals surface area contributed by atoms with Gasteiger partial charge in [0.25, 0.3) is 0 Å². The summed E-state index contributed by atoms with van der Waals surface area (Å²) in [6.45, 7) is 14.8. The Kier molecular flexibility index (Phi) is 7.60. The standard InChI is InChI=1S/C23H34O5Si/c1-16-13-17(2)21(22(25)26-11-12-29(5,6)7)18(14-16)9-8-10-19-20(15-24)28-23(3,4)27-19/h8-9,13-15,19-20H,10-12H2,1-7H3/b9-8+. The van der Waals surface area contributed by atoms with E-state index in [2.05, 4.69) is 19.6 Å². The molecule has 0 aromatic heterocycles. The lowest BCUT2D eigenvalue weighted by molar-refractivity contribution is -0.149. The van der Waals surface area contributed by atoms with Crippen LogP contribution < -0.4 is 0 Å². The minimum Gasteiger partial charge on any atom is -0.462 e. The third-order valence-corrected chi connectivity index (χ3v) is 6.53. The summed E-state index contributed by atoms with van der Waals surface area (Å²) in [5.41, 5.74) is 3.39. The zero-order valence-corrected chi connectivity index (χ0v) is 19.7. The van der Waals surface area contributed by atoms with Crippen LogP contribution in [0.5, 0.6) is 0 Å². The fourth-order valence-electron chi connectivity index (χ4n) is 3.42. The molecule has 0 saturated carbocycles. The van der Waals surface area contributed by atoms with Crippen molar-refractivity contribution >= 4 is 26.4 Å². The van der Waals surface area contributed by atoms with E-state index in [0.29, 0.717) is 18.6 Å². The van der Waals surface area contributed by atoms with Crippen LogP contribution in [0.15, 0.2) is 18.2 Å². The molecule has 0 amide bonds. The van der Waals surface area contributed by atoms with Crippen LogP contribution in [0, 0.1) is 13.8 Å². The molecule has 1 fully saturated rings. The van der Waals surface area contributed by atoms with Crippen LogP contribution in [0.25, 0.3) is 6.08 Å². The van der Waals surface area contributed by atoms with Crippen molar-refractivity contribution in [1.82, 2.24) is 0 Å². The predicted molar refractivity (Wildman–Crippen MR) is 118 cm³/mol. The van der Waals surface area contributed by atoms with Gasteiger partial charge < -0.3 is 19.0 Å². The second-order valence-electron chi connectivity index (χ2n) is 9.41. The van der Waals surface area contributed by atoms with Gasteiger partial charge >= 0.3 is 5.97 Å². The molecular formula is C23H34O5Si. The lowest BCUT2D eigenvalue weighted by Gasteiger charge is -2.17. The molecule has 1 aliphatic heterocycles. The van der Waals surface area contributed by atoms with Crippen molar-refractivity contribution in [3.05, 3.63) is 40.5 Å². The minimum atomic E-state index is -1.26. The molecule has 0 N–H and O–H groups in total. The fourth-order valence-corrected chi connectivity index (χ4v) is 4.14. The van der Waals surface area contributed by atoms with Crippen LogP contribution in [0.2, 0.25) is 25.7 Å². The molecule has 0 spiro atoms. The van der Waals surface area contributed by atoms with E-state index < -0.39 is 20.0 Å². The second-order valence-corrected chi connectivity index (χ2v) is 15.0. The first-order chi connectivity index (χ1) is 13.4. The normalized spacial score (nSPS) is 21.5. The van der Waals surface area contributed by atoms with Crippen molar-refractivity contribution in [3.63, 3.8) is 0 Å². The Morgan fingerprint density at radius 3 is 2.52 bits per heavy atom. The Bertz CT molecular complexity index is 776. The lowest BCUT2D eigenvalue weighted by Crippen LogP contribution is -2.23. The largest absolute Gasteiger partial charge is 0.462 e. The molecule has 29 heavy (non-hydrogen) atoms. The van der Waals surface area contributed by atoms with Gasteiger partial charge in [-0.2, -0.15) is 0 Å². The van der Waals surface area contributed by atoms with Gasteiger partial charge in [0.2, 0.25) is 0 Å². The highest BCUT2D eigenvalue weighted by atomic mass is 28.3. The Morgan fingerprint density at radius 2 is 1.90 bits per heavy atom. The van der Waals surface area contributed by atoms with Crippen LogP contribution in [0.3, 0.4) is 0 Å². The molecule has 1 saturated heterocycles. The Balaban J connectivity index is 2.14. The molecule has 1 aromatic rings. The molecular weight excluding hydrogens is 384 g/mol. The van der Waals surface area contributed by atoms with E-state index in [1.165, 1.54) is 0 Å². The number of aryl methyl sites for hydroxylation is 2. The van der Waals surface area contributed by atoms with Crippen molar-refractivity contribution in [2.75, 3.05) is 6.61 Å². The monoisotopic (exact) mass is 418 g/mol. The van der Waals surface area contributed by atoms with Crippen LogP contribution >= 0.6 is 0 Å².